The molecule has 1 atom stereocenters. The third kappa shape index (κ3) is 5.61. The van der Waals surface area contributed by atoms with E-state index in [-0.39, 0.29) is 0 Å². The molecule has 1 unspecified atom stereocenters. The van der Waals surface area contributed by atoms with Crippen molar-refractivity contribution in [2.75, 3.05) is 26.7 Å². The Morgan fingerprint density at radius 3 is 2.52 bits per heavy atom. The molecule has 0 bridgehead atoms. The molecule has 1 aliphatic heterocycles. The zero-order valence-electron chi connectivity index (χ0n) is 13.4. The molecule has 0 radical (unpaired) electrons. The van der Waals surface area contributed by atoms with Gasteiger partial charge in [-0.15, -0.1) is 0 Å². The average molecular weight is 309 g/mol. The van der Waals surface area contributed by atoms with E-state index >= 15 is 0 Å². The SMILES string of the molecule is CCCC(NCCC1CCN(C)CC1)c1ccc(Cl)cc1. The first-order valence-electron chi connectivity index (χ1n) is 8.36. The first-order chi connectivity index (χ1) is 10.2. The number of benzene rings is 1. The van der Waals surface area contributed by atoms with Crippen LogP contribution < -0.4 is 5.32 Å². The minimum Gasteiger partial charge on any atom is -0.310 e. The largest absolute Gasteiger partial charge is 0.310 e. The summed E-state index contributed by atoms with van der Waals surface area (Å²) in [5.74, 6) is 0.904. The highest BCUT2D eigenvalue weighted by molar-refractivity contribution is 6.30. The van der Waals surface area contributed by atoms with E-state index in [4.69, 9.17) is 11.6 Å². The van der Waals surface area contributed by atoms with Crippen LogP contribution in [0.4, 0.5) is 0 Å². The lowest BCUT2D eigenvalue weighted by molar-refractivity contribution is 0.210. The summed E-state index contributed by atoms with van der Waals surface area (Å²) < 4.78 is 0. The van der Waals surface area contributed by atoms with Crippen molar-refractivity contribution in [2.45, 2.75) is 45.1 Å². The Morgan fingerprint density at radius 2 is 1.90 bits per heavy atom. The maximum atomic E-state index is 5.99. The van der Waals surface area contributed by atoms with E-state index in [1.165, 1.54) is 50.8 Å². The number of rotatable bonds is 7. The molecule has 2 nitrogen and oxygen atoms in total. The summed E-state index contributed by atoms with van der Waals surface area (Å²) in [5, 5.41) is 4.58. The second-order valence-electron chi connectivity index (χ2n) is 6.38. The lowest BCUT2D eigenvalue weighted by atomic mass is 9.93. The number of hydrogen-bond donors (Lipinski definition) is 1. The summed E-state index contributed by atoms with van der Waals surface area (Å²) >= 11 is 5.99. The van der Waals surface area contributed by atoms with Gasteiger partial charge in [-0.25, -0.2) is 0 Å². The van der Waals surface area contributed by atoms with Gasteiger partial charge in [0.05, 0.1) is 0 Å². The molecule has 1 aromatic carbocycles. The summed E-state index contributed by atoms with van der Waals surface area (Å²) in [4.78, 5) is 2.44. The van der Waals surface area contributed by atoms with Crippen LogP contribution in [-0.4, -0.2) is 31.6 Å². The van der Waals surface area contributed by atoms with Crippen LogP contribution in [0.1, 0.15) is 50.6 Å². The monoisotopic (exact) mass is 308 g/mol. The highest BCUT2D eigenvalue weighted by Gasteiger charge is 2.17. The van der Waals surface area contributed by atoms with Crippen molar-refractivity contribution in [3.63, 3.8) is 0 Å². The van der Waals surface area contributed by atoms with Gasteiger partial charge in [-0.05, 0) is 76.0 Å². The molecule has 0 spiro atoms. The van der Waals surface area contributed by atoms with Crippen LogP contribution in [0.2, 0.25) is 5.02 Å². The van der Waals surface area contributed by atoms with Crippen molar-refractivity contribution in [3.05, 3.63) is 34.9 Å². The molecule has 1 aromatic rings. The van der Waals surface area contributed by atoms with Crippen molar-refractivity contribution in [1.29, 1.82) is 0 Å². The number of piperidine rings is 1. The minimum absolute atomic E-state index is 0.471. The Kier molecular flexibility index (Phi) is 7.01. The lowest BCUT2D eigenvalue weighted by Crippen LogP contribution is -2.32. The van der Waals surface area contributed by atoms with Gasteiger partial charge in [0, 0.05) is 11.1 Å². The molecule has 1 saturated heterocycles. The van der Waals surface area contributed by atoms with E-state index in [0.717, 1.165) is 17.5 Å². The second-order valence-corrected chi connectivity index (χ2v) is 6.82. The molecular formula is C18H29ClN2. The number of halogens is 1. The Morgan fingerprint density at radius 1 is 1.24 bits per heavy atom. The van der Waals surface area contributed by atoms with Crippen LogP contribution in [-0.2, 0) is 0 Å². The van der Waals surface area contributed by atoms with Crippen molar-refractivity contribution >= 4 is 11.6 Å². The molecule has 2 rings (SSSR count). The maximum Gasteiger partial charge on any atom is 0.0406 e. The number of hydrogen-bond acceptors (Lipinski definition) is 2. The first kappa shape index (κ1) is 16.8. The molecule has 1 heterocycles. The van der Waals surface area contributed by atoms with Crippen LogP contribution in [0.5, 0.6) is 0 Å². The average Bonchev–Trinajstić information content (AvgIpc) is 2.49. The molecule has 21 heavy (non-hydrogen) atoms. The summed E-state index contributed by atoms with van der Waals surface area (Å²) in [6.07, 6.45) is 6.42. The van der Waals surface area contributed by atoms with Gasteiger partial charge < -0.3 is 10.2 Å². The van der Waals surface area contributed by atoms with Gasteiger partial charge >= 0.3 is 0 Å². The lowest BCUT2D eigenvalue weighted by Gasteiger charge is -2.29. The fourth-order valence-electron chi connectivity index (χ4n) is 3.18. The van der Waals surface area contributed by atoms with Gasteiger partial charge in [0.1, 0.15) is 0 Å². The fourth-order valence-corrected chi connectivity index (χ4v) is 3.31. The third-order valence-electron chi connectivity index (χ3n) is 4.63. The zero-order chi connectivity index (χ0) is 15.1. The Bertz CT molecular complexity index is 396. The smallest absolute Gasteiger partial charge is 0.0406 e. The van der Waals surface area contributed by atoms with Crippen molar-refractivity contribution in [3.8, 4) is 0 Å². The predicted octanol–water partition coefficient (Wildman–Crippen LogP) is 4.50. The zero-order valence-corrected chi connectivity index (χ0v) is 14.2. The summed E-state index contributed by atoms with van der Waals surface area (Å²) in [7, 11) is 2.23. The molecule has 1 N–H and O–H groups in total. The van der Waals surface area contributed by atoms with E-state index in [1.54, 1.807) is 0 Å². The van der Waals surface area contributed by atoms with E-state index in [0.29, 0.717) is 6.04 Å². The quantitative estimate of drug-likeness (QED) is 0.797. The van der Waals surface area contributed by atoms with Crippen molar-refractivity contribution in [1.82, 2.24) is 10.2 Å². The third-order valence-corrected chi connectivity index (χ3v) is 4.88. The fraction of sp³-hybridized carbons (Fsp3) is 0.667. The highest BCUT2D eigenvalue weighted by atomic mass is 35.5. The second kappa shape index (κ2) is 8.77. The number of nitrogens with one attached hydrogen (secondary N) is 1. The maximum absolute atomic E-state index is 5.99. The summed E-state index contributed by atoms with van der Waals surface area (Å²) in [6, 6.07) is 8.78. The van der Waals surface area contributed by atoms with Gasteiger partial charge in [0.25, 0.3) is 0 Å². The minimum atomic E-state index is 0.471. The highest BCUT2D eigenvalue weighted by Crippen LogP contribution is 2.22. The van der Waals surface area contributed by atoms with Gasteiger partial charge in [-0.3, -0.25) is 0 Å². The topological polar surface area (TPSA) is 15.3 Å². The molecule has 1 aliphatic rings. The molecule has 0 amide bonds. The molecule has 0 aliphatic carbocycles. The molecule has 1 fully saturated rings. The van der Waals surface area contributed by atoms with Crippen molar-refractivity contribution < 1.29 is 0 Å². The standard InChI is InChI=1S/C18H29ClN2/c1-3-4-18(16-5-7-17(19)8-6-16)20-12-9-15-10-13-21(2)14-11-15/h5-8,15,18,20H,3-4,9-14H2,1-2H3. The van der Waals surface area contributed by atoms with Gasteiger partial charge in [0.15, 0.2) is 0 Å². The molecule has 3 heteroatoms. The summed E-state index contributed by atoms with van der Waals surface area (Å²) in [5.41, 5.74) is 1.37. The number of nitrogens with zero attached hydrogens (tertiary/aromatic N) is 1. The van der Waals surface area contributed by atoms with Gasteiger partial charge in [-0.1, -0.05) is 37.1 Å². The molecule has 118 valence electrons. The van der Waals surface area contributed by atoms with Crippen LogP contribution in [0.25, 0.3) is 0 Å². The van der Waals surface area contributed by atoms with Crippen LogP contribution in [0.15, 0.2) is 24.3 Å². The van der Waals surface area contributed by atoms with E-state index in [9.17, 15) is 0 Å². The van der Waals surface area contributed by atoms with Crippen molar-refractivity contribution in [2.24, 2.45) is 5.92 Å². The van der Waals surface area contributed by atoms with Crippen LogP contribution in [0, 0.1) is 5.92 Å². The number of likely N-dealkylation sites (tertiary alicyclic amines) is 1. The van der Waals surface area contributed by atoms with E-state index < -0.39 is 0 Å². The van der Waals surface area contributed by atoms with Gasteiger partial charge in [0.2, 0.25) is 0 Å². The summed E-state index contributed by atoms with van der Waals surface area (Å²) in [6.45, 7) is 5.91. The Hall–Kier alpha value is -0.570. The van der Waals surface area contributed by atoms with Crippen LogP contribution >= 0.6 is 11.6 Å². The Balaban J connectivity index is 1.78. The molecule has 0 saturated carbocycles. The van der Waals surface area contributed by atoms with Gasteiger partial charge in [-0.2, -0.15) is 0 Å². The molecular weight excluding hydrogens is 280 g/mol. The van der Waals surface area contributed by atoms with E-state index in [1.807, 2.05) is 12.1 Å². The first-order valence-corrected chi connectivity index (χ1v) is 8.74. The Labute approximate surface area is 134 Å². The van der Waals surface area contributed by atoms with Crippen LogP contribution in [0.3, 0.4) is 0 Å². The van der Waals surface area contributed by atoms with E-state index in [2.05, 4.69) is 36.3 Å². The molecule has 0 aromatic heterocycles. The normalized spacial score (nSPS) is 18.8. The predicted molar refractivity (Wildman–Crippen MR) is 91.9 cm³/mol.